The summed E-state index contributed by atoms with van der Waals surface area (Å²) in [5.41, 5.74) is 7.02. The molecule has 4 nitrogen and oxygen atoms in total. The van der Waals surface area contributed by atoms with Gasteiger partial charge in [0, 0.05) is 21.8 Å². The second-order valence-corrected chi connectivity index (χ2v) is 5.21. The minimum atomic E-state index is -0.309. The highest BCUT2D eigenvalue weighted by Crippen LogP contribution is 2.17. The van der Waals surface area contributed by atoms with Crippen LogP contribution in [0.3, 0.4) is 0 Å². The molecule has 0 heterocycles. The Balaban J connectivity index is 0.00000242. The Labute approximate surface area is 154 Å². The number of nitrogens with zero attached hydrogens (tertiary/aromatic N) is 1. The molecule has 0 bridgehead atoms. The number of hydrogen-bond donors (Lipinski definition) is 2. The van der Waals surface area contributed by atoms with Crippen molar-refractivity contribution in [2.75, 3.05) is 12.4 Å². The lowest BCUT2D eigenvalue weighted by molar-refractivity contribution is 0.415. The van der Waals surface area contributed by atoms with Crippen molar-refractivity contribution in [3.63, 3.8) is 0 Å². The Morgan fingerprint density at radius 2 is 2.09 bits per heavy atom. The van der Waals surface area contributed by atoms with Crippen molar-refractivity contribution < 1.29 is 9.13 Å². The molecule has 2 aromatic rings. The van der Waals surface area contributed by atoms with Gasteiger partial charge in [-0.3, -0.25) is 0 Å². The van der Waals surface area contributed by atoms with E-state index in [0.29, 0.717) is 11.3 Å². The van der Waals surface area contributed by atoms with Gasteiger partial charge in [-0.1, -0.05) is 22.0 Å². The molecule has 0 unspecified atom stereocenters. The van der Waals surface area contributed by atoms with Gasteiger partial charge < -0.3 is 15.8 Å². The van der Waals surface area contributed by atoms with Crippen LogP contribution in [0.25, 0.3) is 0 Å². The van der Waals surface area contributed by atoms with Gasteiger partial charge in [0.25, 0.3) is 0 Å². The molecule has 0 atom stereocenters. The standard InChI is InChI=1S/C15H15BrFN3O.HI/c1-21-13-4-2-3-12(8-13)20-15(18)19-9-10-7-11(16)5-6-14(10)17;/h2-8H,9H2,1H3,(H3,18,19,20);1H. The topological polar surface area (TPSA) is 59.6 Å². The molecule has 0 saturated heterocycles. The van der Waals surface area contributed by atoms with E-state index in [1.54, 1.807) is 25.3 Å². The zero-order chi connectivity index (χ0) is 15.2. The second kappa shape index (κ2) is 8.94. The van der Waals surface area contributed by atoms with Gasteiger partial charge in [-0.15, -0.1) is 24.0 Å². The van der Waals surface area contributed by atoms with Crippen LogP contribution >= 0.6 is 39.9 Å². The smallest absolute Gasteiger partial charge is 0.193 e. The van der Waals surface area contributed by atoms with Gasteiger partial charge in [0.15, 0.2) is 5.96 Å². The molecule has 0 spiro atoms. The van der Waals surface area contributed by atoms with Crippen molar-refractivity contribution in [3.05, 3.63) is 58.3 Å². The second-order valence-electron chi connectivity index (χ2n) is 4.29. The third-order valence-electron chi connectivity index (χ3n) is 2.77. The first-order chi connectivity index (χ1) is 10.1. The van der Waals surface area contributed by atoms with Crippen molar-refractivity contribution in [1.29, 1.82) is 0 Å². The highest BCUT2D eigenvalue weighted by Gasteiger charge is 2.03. The van der Waals surface area contributed by atoms with Gasteiger partial charge in [-0.2, -0.15) is 0 Å². The van der Waals surface area contributed by atoms with Gasteiger partial charge in [0.05, 0.1) is 13.7 Å². The maximum absolute atomic E-state index is 13.6. The maximum Gasteiger partial charge on any atom is 0.193 e. The number of ether oxygens (including phenoxy) is 1. The molecule has 0 amide bonds. The Kier molecular flexibility index (Phi) is 7.60. The van der Waals surface area contributed by atoms with Crippen LogP contribution in [-0.4, -0.2) is 13.1 Å². The molecule has 0 aromatic heterocycles. The normalized spacial score (nSPS) is 10.8. The molecule has 22 heavy (non-hydrogen) atoms. The molecule has 0 aliphatic rings. The Morgan fingerprint density at radius 1 is 1.32 bits per heavy atom. The monoisotopic (exact) mass is 479 g/mol. The van der Waals surface area contributed by atoms with Crippen LogP contribution in [0.1, 0.15) is 5.56 Å². The zero-order valence-electron chi connectivity index (χ0n) is 11.8. The van der Waals surface area contributed by atoms with E-state index in [1.165, 1.54) is 6.07 Å². The summed E-state index contributed by atoms with van der Waals surface area (Å²) in [6, 6.07) is 12.0. The van der Waals surface area contributed by atoms with Crippen LogP contribution in [0.4, 0.5) is 10.1 Å². The molecular formula is C15H16BrFIN3O. The lowest BCUT2D eigenvalue weighted by atomic mass is 10.2. The largest absolute Gasteiger partial charge is 0.497 e. The molecule has 0 aliphatic carbocycles. The molecule has 2 aromatic carbocycles. The predicted molar refractivity (Wildman–Crippen MR) is 101 cm³/mol. The van der Waals surface area contributed by atoms with E-state index in [4.69, 9.17) is 10.5 Å². The molecule has 3 N–H and O–H groups in total. The van der Waals surface area contributed by atoms with Crippen LogP contribution in [0.5, 0.6) is 5.75 Å². The molecule has 0 radical (unpaired) electrons. The molecule has 0 saturated carbocycles. The van der Waals surface area contributed by atoms with Crippen LogP contribution < -0.4 is 15.8 Å². The number of benzene rings is 2. The number of halogens is 3. The third kappa shape index (κ3) is 5.45. The molecule has 0 aliphatic heterocycles. The molecule has 0 fully saturated rings. The lowest BCUT2D eigenvalue weighted by Crippen LogP contribution is -2.22. The molecule has 118 valence electrons. The summed E-state index contributed by atoms with van der Waals surface area (Å²) < 4.78 is 19.5. The summed E-state index contributed by atoms with van der Waals surface area (Å²) in [5.74, 6) is 0.615. The van der Waals surface area contributed by atoms with E-state index < -0.39 is 0 Å². The average molecular weight is 480 g/mol. The third-order valence-corrected chi connectivity index (χ3v) is 3.26. The first kappa shape index (κ1) is 18.7. The summed E-state index contributed by atoms with van der Waals surface area (Å²) in [4.78, 5) is 4.13. The summed E-state index contributed by atoms with van der Waals surface area (Å²) >= 11 is 3.30. The number of guanidine groups is 1. The average Bonchev–Trinajstić information content (AvgIpc) is 2.48. The number of anilines is 1. The van der Waals surface area contributed by atoms with E-state index in [1.807, 2.05) is 18.2 Å². The van der Waals surface area contributed by atoms with Crippen molar-refractivity contribution in [2.24, 2.45) is 10.7 Å². The molecule has 2 rings (SSSR count). The van der Waals surface area contributed by atoms with Crippen molar-refractivity contribution in [3.8, 4) is 5.75 Å². The highest BCUT2D eigenvalue weighted by molar-refractivity contribution is 14.0. The van der Waals surface area contributed by atoms with E-state index in [-0.39, 0.29) is 42.3 Å². The summed E-state index contributed by atoms with van der Waals surface area (Å²) in [6.45, 7) is 0.161. The number of methoxy groups -OCH3 is 1. The van der Waals surface area contributed by atoms with Gasteiger partial charge in [0.2, 0.25) is 0 Å². The first-order valence-corrected chi connectivity index (χ1v) is 7.02. The van der Waals surface area contributed by atoms with E-state index >= 15 is 0 Å². The first-order valence-electron chi connectivity index (χ1n) is 6.23. The van der Waals surface area contributed by atoms with E-state index in [2.05, 4.69) is 26.2 Å². The quantitative estimate of drug-likeness (QED) is 0.393. The van der Waals surface area contributed by atoms with Crippen LogP contribution in [-0.2, 0) is 6.54 Å². The Hall–Kier alpha value is -1.35. The van der Waals surface area contributed by atoms with Gasteiger partial charge >= 0.3 is 0 Å². The number of nitrogens with one attached hydrogen (secondary N) is 1. The Bertz CT molecular complexity index is 667. The van der Waals surface area contributed by atoms with Crippen molar-refractivity contribution in [1.82, 2.24) is 0 Å². The summed E-state index contributed by atoms with van der Waals surface area (Å²) in [5, 5.41) is 2.93. The maximum atomic E-state index is 13.6. The minimum Gasteiger partial charge on any atom is -0.497 e. The van der Waals surface area contributed by atoms with E-state index in [9.17, 15) is 4.39 Å². The van der Waals surface area contributed by atoms with Crippen molar-refractivity contribution >= 4 is 51.6 Å². The van der Waals surface area contributed by atoms with Gasteiger partial charge in [-0.25, -0.2) is 9.38 Å². The Morgan fingerprint density at radius 3 is 2.82 bits per heavy atom. The number of hydrogen-bond acceptors (Lipinski definition) is 2. The molecular weight excluding hydrogens is 464 g/mol. The fourth-order valence-corrected chi connectivity index (χ4v) is 2.13. The summed E-state index contributed by atoms with van der Waals surface area (Å²) in [6.07, 6.45) is 0. The van der Waals surface area contributed by atoms with E-state index in [0.717, 1.165) is 10.2 Å². The van der Waals surface area contributed by atoms with Crippen LogP contribution in [0.2, 0.25) is 0 Å². The lowest BCUT2D eigenvalue weighted by Gasteiger charge is -2.07. The summed E-state index contributed by atoms with van der Waals surface area (Å²) in [7, 11) is 1.59. The highest BCUT2D eigenvalue weighted by atomic mass is 127. The zero-order valence-corrected chi connectivity index (χ0v) is 15.8. The SMILES string of the molecule is COc1cccc(NC(N)=NCc2cc(Br)ccc2F)c1.I. The number of rotatable bonds is 4. The number of aliphatic imine (C=N–C) groups is 1. The minimum absolute atomic E-state index is 0. The van der Waals surface area contributed by atoms with Crippen molar-refractivity contribution in [2.45, 2.75) is 6.54 Å². The van der Waals surface area contributed by atoms with Crippen LogP contribution in [0.15, 0.2) is 51.9 Å². The van der Waals surface area contributed by atoms with Crippen LogP contribution in [0, 0.1) is 5.82 Å². The predicted octanol–water partition coefficient (Wildman–Crippen LogP) is 4.14. The fourth-order valence-electron chi connectivity index (χ4n) is 1.72. The van der Waals surface area contributed by atoms with Gasteiger partial charge in [0.1, 0.15) is 11.6 Å². The van der Waals surface area contributed by atoms with Gasteiger partial charge in [-0.05, 0) is 30.3 Å². The number of nitrogens with two attached hydrogens (primary N) is 1. The molecule has 7 heteroatoms. The fraction of sp³-hybridized carbons (Fsp3) is 0.133.